The van der Waals surface area contributed by atoms with Crippen LogP contribution in [-0.2, 0) is 0 Å². The van der Waals surface area contributed by atoms with Gasteiger partial charge in [0.05, 0.1) is 11.1 Å². The lowest BCUT2D eigenvalue weighted by atomic mass is 10.1. The summed E-state index contributed by atoms with van der Waals surface area (Å²) in [6.45, 7) is 0.270. The third kappa shape index (κ3) is 4.13. The molecule has 1 heterocycles. The summed E-state index contributed by atoms with van der Waals surface area (Å²) in [6.07, 6.45) is 0. The van der Waals surface area contributed by atoms with Gasteiger partial charge in [-0.15, -0.1) is 0 Å². The number of alkyl halides is 1. The highest BCUT2D eigenvalue weighted by Gasteiger charge is 2.18. The minimum Gasteiger partial charge on any atom is -0.463 e. The average molecular weight is 488 g/mol. The first-order valence-corrected chi connectivity index (χ1v) is 10.6. The molecule has 0 atom stereocenters. The molecule has 0 unspecified atom stereocenters. The van der Waals surface area contributed by atoms with Crippen molar-refractivity contribution >= 4 is 66.5 Å². The second kappa shape index (κ2) is 8.77. The molecule has 152 valence electrons. The summed E-state index contributed by atoms with van der Waals surface area (Å²) in [5.41, 5.74) is 0.406. The fourth-order valence-electron chi connectivity index (χ4n) is 3.12. The van der Waals surface area contributed by atoms with E-state index in [4.69, 9.17) is 20.8 Å². The van der Waals surface area contributed by atoms with Gasteiger partial charge in [-0.05, 0) is 35.0 Å². The first kappa shape index (κ1) is 20.3. The Hall–Kier alpha value is -3.03. The molecule has 0 aliphatic carbocycles. The van der Waals surface area contributed by atoms with E-state index in [0.717, 1.165) is 10.8 Å². The Morgan fingerprint density at radius 3 is 2.63 bits per heavy atom. The predicted octanol–water partition coefficient (Wildman–Crippen LogP) is 6.02. The molecule has 2 N–H and O–H groups in total. The summed E-state index contributed by atoms with van der Waals surface area (Å²) in [5, 5.41) is 8.89. The van der Waals surface area contributed by atoms with Gasteiger partial charge in [-0.1, -0.05) is 63.9 Å². The lowest BCUT2D eigenvalue weighted by Gasteiger charge is -2.13. The zero-order valence-electron chi connectivity index (χ0n) is 15.6. The molecule has 8 heteroatoms. The molecule has 6 nitrogen and oxygen atoms in total. The van der Waals surface area contributed by atoms with Crippen molar-refractivity contribution < 1.29 is 13.9 Å². The molecule has 0 aliphatic rings. The van der Waals surface area contributed by atoms with Crippen molar-refractivity contribution in [2.75, 3.05) is 22.6 Å². The molecule has 0 saturated heterocycles. The molecule has 0 spiro atoms. The quantitative estimate of drug-likeness (QED) is 0.337. The van der Waals surface area contributed by atoms with Crippen LogP contribution in [0.3, 0.4) is 0 Å². The number of nitrogens with one attached hydrogen (secondary N) is 2. The van der Waals surface area contributed by atoms with Gasteiger partial charge in [0.15, 0.2) is 0 Å². The van der Waals surface area contributed by atoms with E-state index in [0.29, 0.717) is 22.1 Å². The predicted molar refractivity (Wildman–Crippen MR) is 123 cm³/mol. The van der Waals surface area contributed by atoms with Crippen LogP contribution in [0.5, 0.6) is 5.95 Å². The highest BCUT2D eigenvalue weighted by Crippen LogP contribution is 2.35. The van der Waals surface area contributed by atoms with Crippen LogP contribution in [0, 0.1) is 0 Å². The van der Waals surface area contributed by atoms with Crippen LogP contribution in [0.25, 0.3) is 21.5 Å². The van der Waals surface area contributed by atoms with Crippen molar-refractivity contribution in [3.63, 3.8) is 0 Å². The normalized spacial score (nSPS) is 10.9. The summed E-state index contributed by atoms with van der Waals surface area (Å²) in [5.74, 6) is -0.0854. The van der Waals surface area contributed by atoms with E-state index in [1.54, 1.807) is 18.2 Å². The maximum absolute atomic E-state index is 12.6. The number of ether oxygens (including phenoxy) is 1. The molecule has 3 aromatic carbocycles. The highest BCUT2D eigenvalue weighted by molar-refractivity contribution is 9.09. The second-order valence-corrected chi connectivity index (χ2v) is 7.57. The van der Waals surface area contributed by atoms with Crippen LogP contribution in [0.2, 0.25) is 5.02 Å². The zero-order valence-corrected chi connectivity index (χ0v) is 17.9. The number of hydrogen-bond acceptors (Lipinski definition) is 4. The van der Waals surface area contributed by atoms with Crippen molar-refractivity contribution in [1.82, 2.24) is 0 Å². The lowest BCUT2D eigenvalue weighted by Crippen LogP contribution is -2.20. The minimum absolute atomic E-state index is 0.0854. The van der Waals surface area contributed by atoms with E-state index < -0.39 is 11.7 Å². The van der Waals surface area contributed by atoms with Crippen LogP contribution < -0.4 is 21.0 Å². The van der Waals surface area contributed by atoms with E-state index in [9.17, 15) is 9.59 Å². The molecule has 0 fully saturated rings. The number of rotatable bonds is 5. The van der Waals surface area contributed by atoms with Gasteiger partial charge in [0.2, 0.25) is 0 Å². The molecular weight excluding hydrogens is 472 g/mol. The lowest BCUT2D eigenvalue weighted by molar-refractivity contribution is 0.249. The number of carbonyl (C=O) groups is 1. The van der Waals surface area contributed by atoms with Crippen molar-refractivity contribution in [3.8, 4) is 5.95 Å². The van der Waals surface area contributed by atoms with Crippen LogP contribution in [0.1, 0.15) is 0 Å². The summed E-state index contributed by atoms with van der Waals surface area (Å²) >= 11 is 9.66. The number of halogens is 2. The smallest absolute Gasteiger partial charge is 0.346 e. The number of urea groups is 1. The van der Waals surface area contributed by atoms with Crippen molar-refractivity contribution in [2.24, 2.45) is 0 Å². The third-order valence-electron chi connectivity index (χ3n) is 4.43. The largest absolute Gasteiger partial charge is 0.463 e. The number of fused-ring (bicyclic) bond motifs is 2. The molecule has 1 aromatic heterocycles. The van der Waals surface area contributed by atoms with Gasteiger partial charge >= 0.3 is 17.6 Å². The molecule has 0 aliphatic heterocycles. The van der Waals surface area contributed by atoms with Crippen molar-refractivity contribution in [3.05, 3.63) is 76.1 Å². The first-order valence-electron chi connectivity index (χ1n) is 9.07. The van der Waals surface area contributed by atoms with Gasteiger partial charge in [0.25, 0.3) is 0 Å². The molecule has 4 aromatic rings. The Morgan fingerprint density at radius 1 is 1.03 bits per heavy atom. The van der Waals surface area contributed by atoms with E-state index >= 15 is 0 Å². The Kier molecular flexibility index (Phi) is 5.92. The van der Waals surface area contributed by atoms with Crippen LogP contribution >= 0.6 is 27.5 Å². The fraction of sp³-hybridized carbons (Fsp3) is 0.0909. The standard InChI is InChI=1S/C22H16BrClN2O4/c23-10-11-29-21-19(24)18-16(20(27)30-21)6-3-7-17(18)26-22(28)25-15-9-8-13-4-1-2-5-14(13)12-15/h1-9,12H,10-11H2,(H2,25,26,28). The third-order valence-corrected chi connectivity index (χ3v) is 5.10. The molecule has 2 amide bonds. The number of hydrogen-bond donors (Lipinski definition) is 2. The van der Waals surface area contributed by atoms with Crippen LogP contribution in [-0.4, -0.2) is 18.0 Å². The van der Waals surface area contributed by atoms with E-state index in [-0.39, 0.29) is 23.0 Å². The molecule has 0 saturated carbocycles. The summed E-state index contributed by atoms with van der Waals surface area (Å²) < 4.78 is 10.6. The van der Waals surface area contributed by atoms with Crippen molar-refractivity contribution in [1.29, 1.82) is 0 Å². The SMILES string of the molecule is O=C(Nc1ccc2ccccc2c1)Nc1cccc2c(=O)oc(OCCBr)c(Cl)c12. The fourth-order valence-corrected chi connectivity index (χ4v) is 3.58. The summed E-state index contributed by atoms with van der Waals surface area (Å²) in [4.78, 5) is 24.9. The Balaban J connectivity index is 1.64. The number of benzene rings is 3. The Morgan fingerprint density at radius 2 is 1.83 bits per heavy atom. The Labute approximate surface area is 184 Å². The van der Waals surface area contributed by atoms with Crippen LogP contribution in [0.15, 0.2) is 69.9 Å². The van der Waals surface area contributed by atoms with E-state index in [2.05, 4.69) is 26.6 Å². The zero-order chi connectivity index (χ0) is 21.1. The maximum atomic E-state index is 12.6. The van der Waals surface area contributed by atoms with Gasteiger partial charge in [-0.25, -0.2) is 9.59 Å². The van der Waals surface area contributed by atoms with Gasteiger partial charge < -0.3 is 19.8 Å². The van der Waals surface area contributed by atoms with Gasteiger partial charge in [-0.3, -0.25) is 0 Å². The number of amides is 2. The van der Waals surface area contributed by atoms with Crippen molar-refractivity contribution in [2.45, 2.75) is 0 Å². The van der Waals surface area contributed by atoms with Crippen LogP contribution in [0.4, 0.5) is 16.2 Å². The first-order chi connectivity index (χ1) is 14.6. The molecule has 0 bridgehead atoms. The highest BCUT2D eigenvalue weighted by atomic mass is 79.9. The molecule has 0 radical (unpaired) electrons. The number of carbonyl (C=O) groups excluding carboxylic acids is 1. The summed E-state index contributed by atoms with van der Waals surface area (Å²) in [6, 6.07) is 17.9. The monoisotopic (exact) mass is 486 g/mol. The minimum atomic E-state index is -0.599. The topological polar surface area (TPSA) is 80.6 Å². The van der Waals surface area contributed by atoms with Gasteiger partial charge in [0.1, 0.15) is 11.6 Å². The number of anilines is 2. The summed E-state index contributed by atoms with van der Waals surface area (Å²) in [7, 11) is 0. The maximum Gasteiger partial charge on any atom is 0.346 e. The van der Waals surface area contributed by atoms with E-state index in [1.165, 1.54) is 0 Å². The molecule has 30 heavy (non-hydrogen) atoms. The average Bonchev–Trinajstić information content (AvgIpc) is 2.75. The second-order valence-electron chi connectivity index (χ2n) is 6.40. The molecular formula is C22H16BrClN2O4. The molecule has 4 rings (SSSR count). The van der Waals surface area contributed by atoms with Gasteiger partial charge in [-0.2, -0.15) is 0 Å². The van der Waals surface area contributed by atoms with Gasteiger partial charge in [0, 0.05) is 16.4 Å². The van der Waals surface area contributed by atoms with E-state index in [1.807, 2.05) is 42.5 Å². The Bertz CT molecular complexity index is 1310.